The van der Waals surface area contributed by atoms with Gasteiger partial charge in [-0.05, 0) is 12.1 Å². The van der Waals surface area contributed by atoms with Crippen LogP contribution in [0.2, 0.25) is 0 Å². The summed E-state index contributed by atoms with van der Waals surface area (Å²) in [6, 6.07) is 19.2. The summed E-state index contributed by atoms with van der Waals surface area (Å²) in [5.74, 6) is -2.04. The molecule has 5 heteroatoms. The van der Waals surface area contributed by atoms with E-state index in [2.05, 4.69) is 0 Å². The number of benzene rings is 3. The maximum Gasteiger partial charge on any atom is 0.236 e. The molecule has 0 bridgehead atoms. The fourth-order valence-electron chi connectivity index (χ4n) is 2.52. The summed E-state index contributed by atoms with van der Waals surface area (Å²) < 4.78 is 41.9. The maximum atomic E-state index is 14.1. The molecule has 0 amide bonds. The van der Waals surface area contributed by atoms with E-state index in [9.17, 15) is 18.1 Å². The Morgan fingerprint density at radius 3 is 1.50 bits per heavy atom. The number of rotatable bonds is 4. The number of carbonyl (C=O) groups is 1. The first kappa shape index (κ1) is 16.3. The zero-order valence-corrected chi connectivity index (χ0v) is 13.4. The molecular weight excluding hydrogens is 329 g/mol. The zero-order valence-electron chi connectivity index (χ0n) is 12.5. The average molecular weight is 342 g/mol. The molecule has 0 fully saturated rings. The fourth-order valence-corrected chi connectivity index (χ4v) is 5.00. The summed E-state index contributed by atoms with van der Waals surface area (Å²) in [6.45, 7) is 0. The lowest BCUT2D eigenvalue weighted by atomic mass is 10.2. The molecule has 0 aliphatic carbocycles. The van der Waals surface area contributed by atoms with Gasteiger partial charge in [-0.1, -0.05) is 66.7 Å². The van der Waals surface area contributed by atoms with E-state index in [1.807, 2.05) is 0 Å². The lowest BCUT2D eigenvalue weighted by Gasteiger charge is -2.18. The maximum absolute atomic E-state index is 14.1. The van der Waals surface area contributed by atoms with Crippen LogP contribution in [0.5, 0.6) is 0 Å². The molecule has 0 saturated carbocycles. The van der Waals surface area contributed by atoms with Gasteiger partial charge in [0.1, 0.15) is 11.6 Å². The fraction of sp³-hybridized carbons (Fsp3) is 0. The van der Waals surface area contributed by atoms with E-state index in [1.54, 1.807) is 36.4 Å². The third-order valence-electron chi connectivity index (χ3n) is 3.70. The minimum Gasteiger partial charge on any atom is -0.305 e. The van der Waals surface area contributed by atoms with Crippen LogP contribution in [-0.2, 0) is 4.57 Å². The Morgan fingerprint density at radius 2 is 1.08 bits per heavy atom. The standard InChI is InChI=1S/C19H13F2O2P/c20-16-12-7-13-17(21)18(16)19(22)24(23,14-8-3-1-4-9-14)15-10-5-2-6-11-15/h1-13H. The second kappa shape index (κ2) is 6.50. The van der Waals surface area contributed by atoms with Gasteiger partial charge in [0.25, 0.3) is 0 Å². The van der Waals surface area contributed by atoms with Crippen molar-refractivity contribution in [3.63, 3.8) is 0 Å². The van der Waals surface area contributed by atoms with Crippen LogP contribution in [0.3, 0.4) is 0 Å². The van der Waals surface area contributed by atoms with Crippen molar-refractivity contribution in [2.45, 2.75) is 0 Å². The predicted molar refractivity (Wildman–Crippen MR) is 90.4 cm³/mol. The third kappa shape index (κ3) is 2.70. The lowest BCUT2D eigenvalue weighted by Crippen LogP contribution is -2.24. The van der Waals surface area contributed by atoms with E-state index in [1.165, 1.54) is 24.3 Å². The van der Waals surface area contributed by atoms with E-state index in [4.69, 9.17) is 0 Å². The van der Waals surface area contributed by atoms with Crippen LogP contribution in [0, 0.1) is 11.6 Å². The third-order valence-corrected chi connectivity index (χ3v) is 6.55. The summed E-state index contributed by atoms with van der Waals surface area (Å²) in [6.07, 6.45) is 0. The number of halogens is 2. The predicted octanol–water partition coefficient (Wildman–Crippen LogP) is 4.12. The van der Waals surface area contributed by atoms with E-state index in [-0.39, 0.29) is 10.6 Å². The summed E-state index contributed by atoms with van der Waals surface area (Å²) >= 11 is 0. The molecule has 3 aromatic rings. The SMILES string of the molecule is O=C(c1c(F)cccc1F)P(=O)(c1ccccc1)c1ccccc1. The van der Waals surface area contributed by atoms with E-state index >= 15 is 0 Å². The number of hydrogen-bond acceptors (Lipinski definition) is 2. The molecule has 3 aromatic carbocycles. The van der Waals surface area contributed by atoms with Crippen LogP contribution in [0.4, 0.5) is 8.78 Å². The Labute approximate surface area is 138 Å². The summed E-state index contributed by atoms with van der Waals surface area (Å²) in [5, 5.41) is 0.479. The van der Waals surface area contributed by atoms with E-state index < -0.39 is 29.9 Å². The molecule has 0 atom stereocenters. The molecule has 0 radical (unpaired) electrons. The molecule has 3 rings (SSSR count). The van der Waals surface area contributed by atoms with Gasteiger partial charge in [0, 0.05) is 10.6 Å². The molecule has 120 valence electrons. The average Bonchev–Trinajstić information content (AvgIpc) is 2.62. The first-order chi connectivity index (χ1) is 11.5. The van der Waals surface area contributed by atoms with Crippen LogP contribution in [0.1, 0.15) is 10.4 Å². The normalized spacial score (nSPS) is 11.2. The first-order valence-electron chi connectivity index (χ1n) is 7.25. The van der Waals surface area contributed by atoms with Crippen molar-refractivity contribution in [1.29, 1.82) is 0 Å². The highest BCUT2D eigenvalue weighted by Crippen LogP contribution is 2.47. The molecule has 0 spiro atoms. The van der Waals surface area contributed by atoms with Crippen LogP contribution in [-0.4, -0.2) is 5.52 Å². The second-order valence-corrected chi connectivity index (χ2v) is 7.84. The smallest absolute Gasteiger partial charge is 0.236 e. The van der Waals surface area contributed by atoms with Gasteiger partial charge in [0.2, 0.25) is 12.7 Å². The van der Waals surface area contributed by atoms with Crippen molar-refractivity contribution in [3.05, 3.63) is 96.1 Å². The number of hydrogen-bond donors (Lipinski definition) is 0. The minimum atomic E-state index is -3.91. The Balaban J connectivity index is 2.28. The molecular formula is C19H13F2O2P. The molecule has 0 aliphatic rings. The Kier molecular flexibility index (Phi) is 4.41. The molecule has 0 heterocycles. The highest BCUT2D eigenvalue weighted by atomic mass is 31.2. The quantitative estimate of drug-likeness (QED) is 0.669. The van der Waals surface area contributed by atoms with Gasteiger partial charge < -0.3 is 4.57 Å². The largest absolute Gasteiger partial charge is 0.305 e. The van der Waals surface area contributed by atoms with Gasteiger partial charge in [0.05, 0.1) is 5.56 Å². The summed E-state index contributed by atoms with van der Waals surface area (Å²) in [5.41, 5.74) is -1.82. The highest BCUT2D eigenvalue weighted by Gasteiger charge is 2.39. The van der Waals surface area contributed by atoms with Crippen LogP contribution in [0.25, 0.3) is 0 Å². The molecule has 0 unspecified atom stereocenters. The zero-order chi connectivity index (χ0) is 17.2. The monoisotopic (exact) mass is 342 g/mol. The van der Waals surface area contributed by atoms with E-state index in [0.717, 1.165) is 18.2 Å². The van der Waals surface area contributed by atoms with E-state index in [0.29, 0.717) is 0 Å². The van der Waals surface area contributed by atoms with Crippen molar-refractivity contribution >= 4 is 23.3 Å². The van der Waals surface area contributed by atoms with Crippen molar-refractivity contribution in [2.75, 3.05) is 0 Å². The Hall–Kier alpha value is -2.58. The Morgan fingerprint density at radius 1 is 0.667 bits per heavy atom. The second-order valence-electron chi connectivity index (χ2n) is 5.18. The van der Waals surface area contributed by atoms with Crippen molar-refractivity contribution in [2.24, 2.45) is 0 Å². The number of carbonyl (C=O) groups excluding carboxylic acids is 1. The van der Waals surface area contributed by atoms with Gasteiger partial charge in [0.15, 0.2) is 0 Å². The van der Waals surface area contributed by atoms with Crippen molar-refractivity contribution in [1.82, 2.24) is 0 Å². The van der Waals surface area contributed by atoms with Gasteiger partial charge in [-0.2, -0.15) is 0 Å². The van der Waals surface area contributed by atoms with Gasteiger partial charge in [-0.15, -0.1) is 0 Å². The minimum absolute atomic E-state index is 0.240. The molecule has 0 aromatic heterocycles. The topological polar surface area (TPSA) is 34.1 Å². The van der Waals surface area contributed by atoms with Gasteiger partial charge in [-0.3, -0.25) is 4.79 Å². The van der Waals surface area contributed by atoms with Crippen LogP contribution < -0.4 is 10.6 Å². The Bertz CT molecular complexity index is 861. The van der Waals surface area contributed by atoms with Crippen LogP contribution >= 0.6 is 7.14 Å². The van der Waals surface area contributed by atoms with Crippen LogP contribution in [0.15, 0.2) is 78.9 Å². The lowest BCUT2D eigenvalue weighted by molar-refractivity contribution is 0.107. The van der Waals surface area contributed by atoms with Crippen molar-refractivity contribution < 1.29 is 18.1 Å². The highest BCUT2D eigenvalue weighted by molar-refractivity contribution is 7.93. The molecule has 0 N–H and O–H groups in total. The van der Waals surface area contributed by atoms with Crippen molar-refractivity contribution in [3.8, 4) is 0 Å². The molecule has 0 saturated heterocycles. The summed E-state index contributed by atoms with van der Waals surface area (Å²) in [7, 11) is -3.91. The van der Waals surface area contributed by atoms with Gasteiger partial charge >= 0.3 is 0 Å². The summed E-state index contributed by atoms with van der Waals surface area (Å²) in [4.78, 5) is 13.0. The molecule has 0 aliphatic heterocycles. The van der Waals surface area contributed by atoms with Gasteiger partial charge in [-0.25, -0.2) is 8.78 Å². The molecule has 24 heavy (non-hydrogen) atoms. The molecule has 2 nitrogen and oxygen atoms in total. The first-order valence-corrected chi connectivity index (χ1v) is 8.96.